The van der Waals surface area contributed by atoms with Gasteiger partial charge in [-0.15, -0.1) is 11.3 Å². The van der Waals surface area contributed by atoms with Gasteiger partial charge in [-0.25, -0.2) is 4.98 Å². The molecule has 0 N–H and O–H groups in total. The minimum absolute atomic E-state index is 0.0748. The number of hydrogen-bond acceptors (Lipinski definition) is 4. The van der Waals surface area contributed by atoms with Crippen molar-refractivity contribution in [3.05, 3.63) is 45.9 Å². The Morgan fingerprint density at radius 1 is 1.38 bits per heavy atom. The van der Waals surface area contributed by atoms with Crippen LogP contribution in [0.5, 0.6) is 5.75 Å². The van der Waals surface area contributed by atoms with Gasteiger partial charge in [0.2, 0.25) is 0 Å². The molecule has 1 amide bonds. The van der Waals surface area contributed by atoms with Crippen molar-refractivity contribution in [3.63, 3.8) is 0 Å². The molecule has 1 heterocycles. The van der Waals surface area contributed by atoms with Crippen molar-refractivity contribution in [1.29, 1.82) is 0 Å². The van der Waals surface area contributed by atoms with Gasteiger partial charge in [-0.2, -0.15) is 0 Å². The van der Waals surface area contributed by atoms with Gasteiger partial charge >= 0.3 is 0 Å². The fourth-order valence-electron chi connectivity index (χ4n) is 2.31. The highest BCUT2D eigenvalue weighted by Crippen LogP contribution is 2.30. The van der Waals surface area contributed by atoms with Crippen LogP contribution in [-0.4, -0.2) is 28.9 Å². The summed E-state index contributed by atoms with van der Waals surface area (Å²) in [6, 6.07) is 7.66. The summed E-state index contributed by atoms with van der Waals surface area (Å²) in [5.41, 5.74) is 1.68. The van der Waals surface area contributed by atoms with Crippen LogP contribution < -0.4 is 4.74 Å². The number of benzene rings is 1. The Morgan fingerprint density at radius 3 is 2.62 bits per heavy atom. The fraction of sp³-hybridized carbons (Fsp3) is 0.375. The van der Waals surface area contributed by atoms with E-state index in [1.54, 1.807) is 18.4 Å². The van der Waals surface area contributed by atoms with Gasteiger partial charge in [0.05, 0.1) is 24.4 Å². The molecule has 1 aromatic heterocycles. The molecule has 5 heteroatoms. The Balaban J connectivity index is 1.77. The second-order valence-electron chi connectivity index (χ2n) is 5.25. The zero-order valence-corrected chi connectivity index (χ0v) is 13.0. The van der Waals surface area contributed by atoms with Crippen LogP contribution in [0.1, 0.15) is 33.9 Å². The molecule has 0 aliphatic heterocycles. The summed E-state index contributed by atoms with van der Waals surface area (Å²) in [5, 5.41) is 3.07. The van der Waals surface area contributed by atoms with E-state index in [1.807, 2.05) is 41.5 Å². The maximum Gasteiger partial charge on any atom is 0.254 e. The first kappa shape index (κ1) is 14.1. The molecule has 0 radical (unpaired) electrons. The lowest BCUT2D eigenvalue weighted by molar-refractivity contribution is 0.0728. The first-order valence-electron chi connectivity index (χ1n) is 7.03. The van der Waals surface area contributed by atoms with Crippen LogP contribution in [0.2, 0.25) is 0 Å². The van der Waals surface area contributed by atoms with E-state index >= 15 is 0 Å². The Bertz CT molecular complexity index is 632. The molecular formula is C16H18N2O2S. The Kier molecular flexibility index (Phi) is 3.92. The minimum atomic E-state index is 0.0748. The molecule has 110 valence electrons. The zero-order valence-electron chi connectivity index (χ0n) is 12.2. The standard InChI is InChI=1S/C16H18N2O2S/c1-11-17-13(10-21-11)9-18(14-5-6-14)16(19)12-3-7-15(20-2)8-4-12/h3-4,7-8,10,14H,5-6,9H2,1-2H3. The van der Waals surface area contributed by atoms with Gasteiger partial charge in [0.1, 0.15) is 5.75 Å². The number of carbonyl (C=O) groups is 1. The molecule has 4 nitrogen and oxygen atoms in total. The van der Waals surface area contributed by atoms with E-state index in [4.69, 9.17) is 4.74 Å². The maximum absolute atomic E-state index is 12.7. The van der Waals surface area contributed by atoms with E-state index in [1.165, 1.54) is 0 Å². The van der Waals surface area contributed by atoms with Gasteiger partial charge in [0, 0.05) is 17.0 Å². The summed E-state index contributed by atoms with van der Waals surface area (Å²) in [6.07, 6.45) is 2.18. The number of carbonyl (C=O) groups excluding carboxylic acids is 1. The van der Waals surface area contributed by atoms with Crippen molar-refractivity contribution >= 4 is 17.2 Å². The fourth-order valence-corrected chi connectivity index (χ4v) is 2.91. The van der Waals surface area contributed by atoms with Crippen LogP contribution in [-0.2, 0) is 6.54 Å². The summed E-state index contributed by atoms with van der Waals surface area (Å²) < 4.78 is 5.13. The molecule has 1 aromatic carbocycles. The average Bonchev–Trinajstić information content (AvgIpc) is 3.27. The van der Waals surface area contributed by atoms with Crippen LogP contribution in [0, 0.1) is 6.92 Å². The number of aryl methyl sites for hydroxylation is 1. The molecule has 0 spiro atoms. The highest BCUT2D eigenvalue weighted by Gasteiger charge is 2.33. The molecule has 1 saturated carbocycles. The number of hydrogen-bond donors (Lipinski definition) is 0. The molecule has 1 fully saturated rings. The number of thiazole rings is 1. The summed E-state index contributed by atoms with van der Waals surface area (Å²) in [5.74, 6) is 0.838. The second-order valence-corrected chi connectivity index (χ2v) is 6.31. The largest absolute Gasteiger partial charge is 0.497 e. The second kappa shape index (κ2) is 5.85. The average molecular weight is 302 g/mol. The highest BCUT2D eigenvalue weighted by atomic mass is 32.1. The Morgan fingerprint density at radius 2 is 2.10 bits per heavy atom. The third-order valence-electron chi connectivity index (χ3n) is 3.58. The van der Waals surface area contributed by atoms with Gasteiger partial charge in [-0.05, 0) is 44.0 Å². The van der Waals surface area contributed by atoms with Crippen molar-refractivity contribution in [2.75, 3.05) is 7.11 Å². The Labute approximate surface area is 128 Å². The molecular weight excluding hydrogens is 284 g/mol. The van der Waals surface area contributed by atoms with Crippen molar-refractivity contribution in [2.24, 2.45) is 0 Å². The molecule has 0 saturated heterocycles. The molecule has 3 rings (SSSR count). The van der Waals surface area contributed by atoms with Crippen LogP contribution >= 0.6 is 11.3 Å². The third-order valence-corrected chi connectivity index (χ3v) is 4.41. The third kappa shape index (κ3) is 3.24. The van der Waals surface area contributed by atoms with E-state index in [2.05, 4.69) is 4.98 Å². The van der Waals surface area contributed by atoms with E-state index in [9.17, 15) is 4.79 Å². The van der Waals surface area contributed by atoms with Gasteiger partial charge in [-0.3, -0.25) is 4.79 Å². The highest BCUT2D eigenvalue weighted by molar-refractivity contribution is 7.09. The molecule has 21 heavy (non-hydrogen) atoms. The lowest BCUT2D eigenvalue weighted by atomic mass is 10.2. The van der Waals surface area contributed by atoms with Crippen molar-refractivity contribution in [3.8, 4) is 5.75 Å². The number of nitrogens with zero attached hydrogens (tertiary/aromatic N) is 2. The number of ether oxygens (including phenoxy) is 1. The lowest BCUT2D eigenvalue weighted by Gasteiger charge is -2.21. The number of aromatic nitrogens is 1. The first-order valence-corrected chi connectivity index (χ1v) is 7.91. The van der Waals surface area contributed by atoms with Crippen molar-refractivity contribution < 1.29 is 9.53 Å². The van der Waals surface area contributed by atoms with Crippen LogP contribution in [0.3, 0.4) is 0 Å². The molecule has 0 bridgehead atoms. The van der Waals surface area contributed by atoms with E-state index in [0.717, 1.165) is 29.3 Å². The topological polar surface area (TPSA) is 42.4 Å². The number of amides is 1. The van der Waals surface area contributed by atoms with Crippen LogP contribution in [0.4, 0.5) is 0 Å². The predicted octanol–water partition coefficient (Wildman–Crippen LogP) is 3.26. The first-order chi connectivity index (χ1) is 10.2. The van der Waals surface area contributed by atoms with Gasteiger partial charge in [0.15, 0.2) is 0 Å². The van der Waals surface area contributed by atoms with Gasteiger partial charge in [0.25, 0.3) is 5.91 Å². The lowest BCUT2D eigenvalue weighted by Crippen LogP contribution is -2.32. The molecule has 0 atom stereocenters. The molecule has 0 unspecified atom stereocenters. The van der Waals surface area contributed by atoms with Gasteiger partial charge in [-0.1, -0.05) is 0 Å². The quantitative estimate of drug-likeness (QED) is 0.851. The van der Waals surface area contributed by atoms with Gasteiger partial charge < -0.3 is 9.64 Å². The van der Waals surface area contributed by atoms with E-state index in [0.29, 0.717) is 18.2 Å². The summed E-state index contributed by atoms with van der Waals surface area (Å²) in [7, 11) is 1.62. The monoisotopic (exact) mass is 302 g/mol. The van der Waals surface area contributed by atoms with Crippen LogP contribution in [0.25, 0.3) is 0 Å². The number of methoxy groups -OCH3 is 1. The SMILES string of the molecule is COc1ccc(C(=O)N(Cc2csc(C)n2)C2CC2)cc1. The minimum Gasteiger partial charge on any atom is -0.497 e. The summed E-state index contributed by atoms with van der Waals surface area (Å²) in [4.78, 5) is 19.1. The Hall–Kier alpha value is -1.88. The molecule has 1 aliphatic rings. The molecule has 1 aliphatic carbocycles. The van der Waals surface area contributed by atoms with Crippen molar-refractivity contribution in [1.82, 2.24) is 9.88 Å². The van der Waals surface area contributed by atoms with Crippen molar-refractivity contribution in [2.45, 2.75) is 32.4 Å². The molecule has 2 aromatic rings. The smallest absolute Gasteiger partial charge is 0.254 e. The zero-order chi connectivity index (χ0) is 14.8. The summed E-state index contributed by atoms with van der Waals surface area (Å²) >= 11 is 1.63. The van der Waals surface area contributed by atoms with Crippen LogP contribution in [0.15, 0.2) is 29.6 Å². The normalized spacial score (nSPS) is 14.0. The number of rotatable bonds is 5. The van der Waals surface area contributed by atoms with E-state index in [-0.39, 0.29) is 5.91 Å². The summed E-state index contributed by atoms with van der Waals surface area (Å²) in [6.45, 7) is 2.58. The van der Waals surface area contributed by atoms with E-state index < -0.39 is 0 Å². The maximum atomic E-state index is 12.7. The predicted molar refractivity (Wildman–Crippen MR) is 82.7 cm³/mol.